The molecule has 0 fully saturated rings. The first-order valence-corrected chi connectivity index (χ1v) is 4.79. The fourth-order valence-corrected chi connectivity index (χ4v) is 1.10. The molecule has 1 unspecified atom stereocenters. The first-order valence-electron chi connectivity index (χ1n) is 4.79. The average molecular weight is 168 g/mol. The monoisotopic (exact) mass is 168 g/mol. The molecule has 0 radical (unpaired) electrons. The van der Waals surface area contributed by atoms with Gasteiger partial charge in [-0.15, -0.1) is 0 Å². The summed E-state index contributed by atoms with van der Waals surface area (Å²) in [4.78, 5) is 0. The maximum Gasteiger partial charge on any atom is 0.0954 e. The van der Waals surface area contributed by atoms with E-state index in [4.69, 9.17) is 5.26 Å². The van der Waals surface area contributed by atoms with Crippen LogP contribution in [-0.4, -0.2) is 11.6 Å². The highest BCUT2D eigenvalue weighted by Gasteiger charge is 2.21. The van der Waals surface area contributed by atoms with Crippen LogP contribution in [0.4, 0.5) is 0 Å². The van der Waals surface area contributed by atoms with E-state index in [9.17, 15) is 0 Å². The van der Waals surface area contributed by atoms with Crippen LogP contribution in [0.25, 0.3) is 0 Å². The lowest BCUT2D eigenvalue weighted by molar-refractivity contribution is 0.309. The van der Waals surface area contributed by atoms with E-state index < -0.39 is 0 Å². The van der Waals surface area contributed by atoms with Crippen molar-refractivity contribution in [3.63, 3.8) is 0 Å². The lowest BCUT2D eigenvalue weighted by Crippen LogP contribution is -2.46. The molecule has 70 valence electrons. The first-order chi connectivity index (χ1) is 5.61. The van der Waals surface area contributed by atoms with Gasteiger partial charge in [0.25, 0.3) is 0 Å². The zero-order chi connectivity index (χ0) is 9.61. The van der Waals surface area contributed by atoms with Crippen LogP contribution in [0.2, 0.25) is 0 Å². The van der Waals surface area contributed by atoms with Crippen molar-refractivity contribution in [2.75, 3.05) is 0 Å². The van der Waals surface area contributed by atoms with Crippen LogP contribution in [0.3, 0.4) is 0 Å². The molecule has 1 N–H and O–H groups in total. The van der Waals surface area contributed by atoms with Gasteiger partial charge in [0.15, 0.2) is 0 Å². The summed E-state index contributed by atoms with van der Waals surface area (Å²) < 4.78 is 0. The molecule has 2 heteroatoms. The largest absolute Gasteiger partial charge is 0.297 e. The molecule has 1 atom stereocenters. The molecule has 0 saturated carbocycles. The number of nitrogens with one attached hydrogen (secondary N) is 1. The van der Waals surface area contributed by atoms with E-state index in [1.165, 1.54) is 0 Å². The lowest BCUT2D eigenvalue weighted by atomic mass is 9.94. The fraction of sp³-hybridized carbons (Fsp3) is 0.900. The van der Waals surface area contributed by atoms with Crippen LogP contribution < -0.4 is 5.32 Å². The molecule has 0 aromatic heterocycles. The standard InChI is InChI=1S/C10H20N2/c1-5-9(8-11)12-10(4,6-2)7-3/h9,12H,5-7H2,1-4H3. The van der Waals surface area contributed by atoms with E-state index in [1.807, 2.05) is 6.92 Å². The predicted molar refractivity (Wildman–Crippen MR) is 51.8 cm³/mol. The summed E-state index contributed by atoms with van der Waals surface area (Å²) in [6, 6.07) is 2.27. The minimum absolute atomic E-state index is 0.00917. The highest BCUT2D eigenvalue weighted by Crippen LogP contribution is 2.14. The molecule has 0 aliphatic carbocycles. The molecule has 0 aromatic carbocycles. The smallest absolute Gasteiger partial charge is 0.0954 e. The van der Waals surface area contributed by atoms with E-state index in [1.54, 1.807) is 0 Å². The van der Waals surface area contributed by atoms with Crippen LogP contribution in [-0.2, 0) is 0 Å². The van der Waals surface area contributed by atoms with Crippen LogP contribution in [0.15, 0.2) is 0 Å². The minimum atomic E-state index is 0.00917. The molecule has 0 heterocycles. The maximum atomic E-state index is 8.77. The van der Waals surface area contributed by atoms with Gasteiger partial charge >= 0.3 is 0 Å². The minimum Gasteiger partial charge on any atom is -0.297 e. The summed E-state index contributed by atoms with van der Waals surface area (Å²) >= 11 is 0. The second-order valence-corrected chi connectivity index (χ2v) is 3.50. The van der Waals surface area contributed by atoms with Crippen molar-refractivity contribution in [2.45, 2.75) is 58.5 Å². The molecule has 0 aliphatic rings. The quantitative estimate of drug-likeness (QED) is 0.684. The summed E-state index contributed by atoms with van der Waals surface area (Å²) in [6.07, 6.45) is 3.02. The summed E-state index contributed by atoms with van der Waals surface area (Å²) in [7, 11) is 0. The Balaban J connectivity index is 4.10. The summed E-state index contributed by atoms with van der Waals surface area (Å²) in [5, 5.41) is 12.1. The van der Waals surface area contributed by atoms with Crippen molar-refractivity contribution in [3.8, 4) is 6.07 Å². The molecule has 0 rings (SSSR count). The molecule has 0 bridgehead atoms. The van der Waals surface area contributed by atoms with E-state index in [2.05, 4.69) is 32.2 Å². The van der Waals surface area contributed by atoms with Gasteiger partial charge in [0, 0.05) is 5.54 Å². The van der Waals surface area contributed by atoms with E-state index in [0.29, 0.717) is 0 Å². The van der Waals surface area contributed by atoms with Gasteiger partial charge < -0.3 is 0 Å². The van der Waals surface area contributed by atoms with E-state index in [-0.39, 0.29) is 11.6 Å². The van der Waals surface area contributed by atoms with Crippen molar-refractivity contribution in [3.05, 3.63) is 0 Å². The number of nitrogens with zero attached hydrogens (tertiary/aromatic N) is 1. The first kappa shape index (κ1) is 11.4. The molecule has 12 heavy (non-hydrogen) atoms. The predicted octanol–water partition coefficient (Wildman–Crippen LogP) is 2.46. The molecule has 0 saturated heterocycles. The fourth-order valence-electron chi connectivity index (χ4n) is 1.10. The Hall–Kier alpha value is -0.550. The normalized spacial score (nSPS) is 13.9. The Kier molecular flexibility index (Phi) is 4.92. The SMILES string of the molecule is CCC(C#N)NC(C)(CC)CC. The third-order valence-electron chi connectivity index (χ3n) is 2.65. The van der Waals surface area contributed by atoms with Gasteiger partial charge in [-0.1, -0.05) is 20.8 Å². The Labute approximate surface area is 76.0 Å². The molecule has 0 aliphatic heterocycles. The molecular weight excluding hydrogens is 148 g/mol. The zero-order valence-electron chi connectivity index (χ0n) is 8.65. The lowest BCUT2D eigenvalue weighted by Gasteiger charge is -2.30. The Morgan fingerprint density at radius 2 is 1.83 bits per heavy atom. The highest BCUT2D eigenvalue weighted by molar-refractivity contribution is 4.94. The second-order valence-electron chi connectivity index (χ2n) is 3.50. The molecule has 2 nitrogen and oxygen atoms in total. The number of rotatable bonds is 5. The maximum absolute atomic E-state index is 8.77. The van der Waals surface area contributed by atoms with Crippen molar-refractivity contribution < 1.29 is 0 Å². The van der Waals surface area contributed by atoms with Crippen molar-refractivity contribution >= 4 is 0 Å². The third kappa shape index (κ3) is 3.23. The molecule has 0 aromatic rings. The van der Waals surface area contributed by atoms with E-state index in [0.717, 1.165) is 19.3 Å². The number of nitriles is 1. The van der Waals surface area contributed by atoms with Crippen LogP contribution in [0.1, 0.15) is 47.0 Å². The third-order valence-corrected chi connectivity index (χ3v) is 2.65. The Morgan fingerprint density at radius 3 is 2.08 bits per heavy atom. The average Bonchev–Trinajstić information content (AvgIpc) is 2.14. The number of hydrogen-bond donors (Lipinski definition) is 1. The van der Waals surface area contributed by atoms with Crippen LogP contribution in [0, 0.1) is 11.3 Å². The zero-order valence-corrected chi connectivity index (χ0v) is 8.65. The second kappa shape index (κ2) is 5.16. The number of hydrogen-bond acceptors (Lipinski definition) is 2. The molecule has 0 amide bonds. The van der Waals surface area contributed by atoms with Gasteiger partial charge in [0.1, 0.15) is 0 Å². The summed E-state index contributed by atoms with van der Waals surface area (Å²) in [5.74, 6) is 0. The molecular formula is C10H20N2. The van der Waals surface area contributed by atoms with Gasteiger partial charge in [-0.25, -0.2) is 0 Å². The van der Waals surface area contributed by atoms with Crippen LogP contribution >= 0.6 is 0 Å². The van der Waals surface area contributed by atoms with Gasteiger partial charge in [-0.3, -0.25) is 5.32 Å². The molecule has 0 spiro atoms. The van der Waals surface area contributed by atoms with Gasteiger partial charge in [0.05, 0.1) is 12.1 Å². The topological polar surface area (TPSA) is 35.8 Å². The van der Waals surface area contributed by atoms with Crippen molar-refractivity contribution in [1.29, 1.82) is 5.26 Å². The summed E-state index contributed by atoms with van der Waals surface area (Å²) in [6.45, 7) is 8.51. The summed E-state index contributed by atoms with van der Waals surface area (Å²) in [5.41, 5.74) is 0.135. The van der Waals surface area contributed by atoms with Gasteiger partial charge in [-0.05, 0) is 26.2 Å². The Morgan fingerprint density at radius 1 is 1.33 bits per heavy atom. The van der Waals surface area contributed by atoms with Gasteiger partial charge in [0.2, 0.25) is 0 Å². The van der Waals surface area contributed by atoms with Gasteiger partial charge in [-0.2, -0.15) is 5.26 Å². The van der Waals surface area contributed by atoms with E-state index >= 15 is 0 Å². The van der Waals surface area contributed by atoms with Crippen LogP contribution in [0.5, 0.6) is 0 Å². The van der Waals surface area contributed by atoms with Crippen molar-refractivity contribution in [1.82, 2.24) is 5.32 Å². The van der Waals surface area contributed by atoms with Crippen molar-refractivity contribution in [2.24, 2.45) is 0 Å². The highest BCUT2D eigenvalue weighted by atomic mass is 15.0. The Bertz CT molecular complexity index is 154.